The maximum atomic E-state index is 11.5. The SMILES string of the molecule is CCCCCCCCCCCC/C=C/CCCCCCC1NC=C[N+]1(CC)C(C)NC(C)=O. The number of quaternary nitrogens is 1. The molecule has 0 aliphatic carbocycles. The maximum Gasteiger partial charge on any atom is 0.221 e. The second kappa shape index (κ2) is 19.1. The van der Waals surface area contributed by atoms with Gasteiger partial charge in [0.15, 0.2) is 12.3 Å². The van der Waals surface area contributed by atoms with E-state index >= 15 is 0 Å². The smallest absolute Gasteiger partial charge is 0.221 e. The first-order chi connectivity index (χ1) is 16.1. The predicted molar refractivity (Wildman–Crippen MR) is 143 cm³/mol. The van der Waals surface area contributed by atoms with Crippen molar-refractivity contribution in [3.05, 3.63) is 24.6 Å². The molecule has 1 amide bonds. The van der Waals surface area contributed by atoms with Gasteiger partial charge in [-0.3, -0.25) is 9.28 Å². The molecule has 1 aliphatic heterocycles. The van der Waals surface area contributed by atoms with Crippen molar-refractivity contribution in [1.82, 2.24) is 10.6 Å². The van der Waals surface area contributed by atoms with Crippen LogP contribution in [-0.2, 0) is 4.79 Å². The molecule has 33 heavy (non-hydrogen) atoms. The fourth-order valence-corrected chi connectivity index (χ4v) is 5.21. The summed E-state index contributed by atoms with van der Waals surface area (Å²) < 4.78 is 0.807. The van der Waals surface area contributed by atoms with Crippen LogP contribution in [0.25, 0.3) is 0 Å². The molecule has 0 bridgehead atoms. The van der Waals surface area contributed by atoms with Crippen molar-refractivity contribution < 1.29 is 9.28 Å². The van der Waals surface area contributed by atoms with Crippen LogP contribution in [-0.4, -0.2) is 29.3 Å². The Kier molecular flexibility index (Phi) is 17.2. The summed E-state index contributed by atoms with van der Waals surface area (Å²) in [6.07, 6.45) is 32.6. The van der Waals surface area contributed by atoms with E-state index in [1.54, 1.807) is 6.92 Å². The number of rotatable bonds is 21. The average Bonchev–Trinajstić information content (AvgIpc) is 3.22. The highest BCUT2D eigenvalue weighted by Crippen LogP contribution is 2.26. The predicted octanol–water partition coefficient (Wildman–Crippen LogP) is 7.91. The van der Waals surface area contributed by atoms with Gasteiger partial charge in [0.25, 0.3) is 0 Å². The summed E-state index contributed by atoms with van der Waals surface area (Å²) in [5.74, 6) is 0.0497. The molecule has 1 rings (SSSR count). The lowest BCUT2D eigenvalue weighted by Crippen LogP contribution is -2.62. The minimum Gasteiger partial charge on any atom is -0.338 e. The monoisotopic (exact) mass is 462 g/mol. The van der Waals surface area contributed by atoms with Crippen LogP contribution in [0.4, 0.5) is 0 Å². The first kappa shape index (κ1) is 29.7. The minimum atomic E-state index is 0.0497. The highest BCUT2D eigenvalue weighted by Gasteiger charge is 2.41. The zero-order valence-electron chi connectivity index (χ0n) is 22.5. The summed E-state index contributed by atoms with van der Waals surface area (Å²) in [7, 11) is 0. The van der Waals surface area contributed by atoms with Gasteiger partial charge in [-0.25, -0.2) is 0 Å². The third kappa shape index (κ3) is 12.7. The fraction of sp³-hybridized carbons (Fsp3) is 0.828. The van der Waals surface area contributed by atoms with Gasteiger partial charge in [0, 0.05) is 20.3 Å². The van der Waals surface area contributed by atoms with E-state index < -0.39 is 0 Å². The van der Waals surface area contributed by atoms with E-state index in [2.05, 4.69) is 56.0 Å². The van der Waals surface area contributed by atoms with Crippen LogP contribution < -0.4 is 10.6 Å². The number of hydrogen-bond acceptors (Lipinski definition) is 2. The number of amides is 1. The lowest BCUT2D eigenvalue weighted by molar-refractivity contribution is -0.923. The zero-order chi connectivity index (χ0) is 24.2. The molecule has 192 valence electrons. The standard InChI is InChI=1S/C29H55N3O/c1-5-7-8-9-10-11-12-13-14-15-16-17-18-19-20-21-22-23-24-29-30-25-26-32(29,6-2)27(3)31-28(4)33/h17-18,25-27,29-30H,5-16,19-24H2,1-4H3/p+1/b18-17+. The van der Waals surface area contributed by atoms with E-state index in [0.29, 0.717) is 6.17 Å². The van der Waals surface area contributed by atoms with Gasteiger partial charge in [0.05, 0.1) is 12.7 Å². The summed E-state index contributed by atoms with van der Waals surface area (Å²) in [5.41, 5.74) is 0. The van der Waals surface area contributed by atoms with Gasteiger partial charge in [-0.1, -0.05) is 89.7 Å². The van der Waals surface area contributed by atoms with Gasteiger partial charge in [-0.05, 0) is 39.0 Å². The van der Waals surface area contributed by atoms with E-state index in [0.717, 1.165) is 17.4 Å². The normalized spacial score (nSPS) is 20.9. The molecule has 0 fully saturated rings. The summed E-state index contributed by atoms with van der Waals surface area (Å²) in [4.78, 5) is 11.5. The molecule has 3 atom stereocenters. The van der Waals surface area contributed by atoms with Crippen LogP contribution in [0, 0.1) is 0 Å². The van der Waals surface area contributed by atoms with Crippen molar-refractivity contribution in [2.75, 3.05) is 6.54 Å². The molecule has 0 aromatic heterocycles. The van der Waals surface area contributed by atoms with Crippen molar-refractivity contribution in [2.24, 2.45) is 0 Å². The average molecular weight is 463 g/mol. The number of carbonyl (C=O) groups is 1. The van der Waals surface area contributed by atoms with Crippen molar-refractivity contribution in [3.63, 3.8) is 0 Å². The van der Waals surface area contributed by atoms with Crippen LogP contribution in [0.15, 0.2) is 24.6 Å². The molecule has 0 spiro atoms. The number of nitrogens with zero attached hydrogens (tertiary/aromatic N) is 1. The third-order valence-electron chi connectivity index (χ3n) is 7.39. The summed E-state index contributed by atoms with van der Waals surface area (Å²) >= 11 is 0. The highest BCUT2D eigenvalue weighted by molar-refractivity contribution is 5.72. The highest BCUT2D eigenvalue weighted by atomic mass is 16.1. The van der Waals surface area contributed by atoms with Crippen LogP contribution in [0.2, 0.25) is 0 Å². The van der Waals surface area contributed by atoms with Crippen LogP contribution >= 0.6 is 0 Å². The fourth-order valence-electron chi connectivity index (χ4n) is 5.21. The first-order valence-electron chi connectivity index (χ1n) is 14.3. The Balaban J connectivity index is 1.99. The first-order valence-corrected chi connectivity index (χ1v) is 14.3. The molecular weight excluding hydrogens is 406 g/mol. The van der Waals surface area contributed by atoms with Gasteiger partial charge >= 0.3 is 0 Å². The lowest BCUT2D eigenvalue weighted by atomic mass is 10.1. The molecule has 0 radical (unpaired) electrons. The number of unbranched alkanes of at least 4 members (excludes halogenated alkanes) is 14. The molecule has 0 saturated heterocycles. The number of carbonyl (C=O) groups excluding carboxylic acids is 1. The Hall–Kier alpha value is -1.29. The molecule has 1 aliphatic rings. The molecular formula is C29H56N3O+. The second-order valence-electron chi connectivity index (χ2n) is 10.1. The van der Waals surface area contributed by atoms with Crippen molar-refractivity contribution in [1.29, 1.82) is 0 Å². The van der Waals surface area contributed by atoms with Gasteiger partial charge in [-0.2, -0.15) is 0 Å². The molecule has 0 aromatic rings. The molecule has 0 aromatic carbocycles. The molecule has 4 nitrogen and oxygen atoms in total. The number of nitrogens with one attached hydrogen (secondary N) is 2. The summed E-state index contributed by atoms with van der Waals surface area (Å²) in [6, 6.07) is 0. The van der Waals surface area contributed by atoms with Gasteiger partial charge in [-0.15, -0.1) is 0 Å². The summed E-state index contributed by atoms with van der Waals surface area (Å²) in [6.45, 7) is 9.22. The molecule has 4 heteroatoms. The number of allylic oxidation sites excluding steroid dienone is 2. The van der Waals surface area contributed by atoms with Crippen molar-refractivity contribution in [2.45, 2.75) is 149 Å². The lowest BCUT2D eigenvalue weighted by Gasteiger charge is -2.41. The van der Waals surface area contributed by atoms with E-state index in [1.807, 2.05) is 0 Å². The molecule has 0 saturated carbocycles. The van der Waals surface area contributed by atoms with Gasteiger partial charge < -0.3 is 10.6 Å². The van der Waals surface area contributed by atoms with Crippen LogP contribution in [0.5, 0.6) is 0 Å². The second-order valence-corrected chi connectivity index (χ2v) is 10.1. The topological polar surface area (TPSA) is 41.1 Å². The third-order valence-corrected chi connectivity index (χ3v) is 7.39. The quantitative estimate of drug-likeness (QED) is 0.103. The van der Waals surface area contributed by atoms with E-state index in [9.17, 15) is 4.79 Å². The van der Waals surface area contributed by atoms with Gasteiger partial charge in [0.1, 0.15) is 6.20 Å². The van der Waals surface area contributed by atoms with E-state index in [-0.39, 0.29) is 12.1 Å². The van der Waals surface area contributed by atoms with Gasteiger partial charge in [0.2, 0.25) is 5.91 Å². The number of hydrogen-bond donors (Lipinski definition) is 2. The molecule has 1 heterocycles. The molecule has 3 unspecified atom stereocenters. The Morgan fingerprint density at radius 1 is 0.879 bits per heavy atom. The Morgan fingerprint density at radius 3 is 1.91 bits per heavy atom. The van der Waals surface area contributed by atoms with Crippen molar-refractivity contribution >= 4 is 5.91 Å². The van der Waals surface area contributed by atoms with E-state index in [1.165, 1.54) is 103 Å². The Bertz CT molecular complexity index is 545. The van der Waals surface area contributed by atoms with Crippen LogP contribution in [0.1, 0.15) is 137 Å². The Morgan fingerprint density at radius 2 is 1.39 bits per heavy atom. The molecule has 2 N–H and O–H groups in total. The van der Waals surface area contributed by atoms with E-state index in [4.69, 9.17) is 0 Å². The largest absolute Gasteiger partial charge is 0.338 e. The zero-order valence-corrected chi connectivity index (χ0v) is 22.5. The summed E-state index contributed by atoms with van der Waals surface area (Å²) in [5, 5.41) is 6.64. The Labute approximate surface area is 206 Å². The minimum absolute atomic E-state index is 0.0497. The maximum absolute atomic E-state index is 11.5. The van der Waals surface area contributed by atoms with Crippen molar-refractivity contribution in [3.8, 4) is 0 Å². The van der Waals surface area contributed by atoms with Crippen LogP contribution in [0.3, 0.4) is 0 Å².